The van der Waals surface area contributed by atoms with E-state index in [0.717, 1.165) is 25.7 Å². The van der Waals surface area contributed by atoms with Gasteiger partial charge in [-0.15, -0.1) is 5.92 Å². The first-order valence-electron chi connectivity index (χ1n) is 5.83. The molecule has 0 amide bonds. The lowest BCUT2D eigenvalue weighted by Crippen LogP contribution is -2.20. The highest BCUT2D eigenvalue weighted by Gasteiger charge is 2.59. The molecule has 76 valence electrons. The van der Waals surface area contributed by atoms with E-state index in [1.54, 1.807) is 0 Å². The second-order valence-electron chi connectivity index (χ2n) is 4.59. The number of ketones is 1. The van der Waals surface area contributed by atoms with Crippen LogP contribution in [-0.2, 0) is 4.79 Å². The van der Waals surface area contributed by atoms with Gasteiger partial charge < -0.3 is 0 Å². The van der Waals surface area contributed by atoms with Gasteiger partial charge in [0.1, 0.15) is 0 Å². The van der Waals surface area contributed by atoms with E-state index in [0.29, 0.717) is 11.7 Å². The number of fused-ring (bicyclic) bond motifs is 1. The molecular formula is C13H18O. The van der Waals surface area contributed by atoms with E-state index in [9.17, 15) is 4.79 Å². The van der Waals surface area contributed by atoms with Gasteiger partial charge in [-0.05, 0) is 31.6 Å². The van der Waals surface area contributed by atoms with Gasteiger partial charge in [-0.3, -0.25) is 4.79 Å². The molecule has 0 aromatic carbocycles. The number of hydrogen-bond acceptors (Lipinski definition) is 1. The smallest absolute Gasteiger partial charge is 0.151 e. The standard InChI is InChI=1S/C13H18O/c1-2-3-4-5-9-13-10-11(13)7-6-8-12(13)14/h11H,2-4,6-8,10H2,1H3. The van der Waals surface area contributed by atoms with E-state index in [-0.39, 0.29) is 5.41 Å². The predicted octanol–water partition coefficient (Wildman–Crippen LogP) is 2.94. The van der Waals surface area contributed by atoms with Crippen LogP contribution >= 0.6 is 0 Å². The summed E-state index contributed by atoms with van der Waals surface area (Å²) in [7, 11) is 0. The van der Waals surface area contributed by atoms with Gasteiger partial charge in [0.15, 0.2) is 5.78 Å². The Labute approximate surface area is 86.3 Å². The topological polar surface area (TPSA) is 17.1 Å². The lowest BCUT2D eigenvalue weighted by Gasteiger charge is -2.14. The average Bonchev–Trinajstić information content (AvgIpc) is 2.89. The summed E-state index contributed by atoms with van der Waals surface area (Å²) < 4.78 is 0. The normalized spacial score (nSPS) is 34.4. The van der Waals surface area contributed by atoms with Crippen LogP contribution in [0, 0.1) is 23.2 Å². The van der Waals surface area contributed by atoms with Crippen molar-refractivity contribution in [3.63, 3.8) is 0 Å². The molecule has 2 aliphatic carbocycles. The van der Waals surface area contributed by atoms with Crippen LogP contribution in [0.2, 0.25) is 0 Å². The molecule has 14 heavy (non-hydrogen) atoms. The highest BCUT2D eigenvalue weighted by molar-refractivity contribution is 5.92. The lowest BCUT2D eigenvalue weighted by molar-refractivity contribution is -0.123. The number of rotatable bonds is 2. The summed E-state index contributed by atoms with van der Waals surface area (Å²) in [6, 6.07) is 0. The van der Waals surface area contributed by atoms with Crippen molar-refractivity contribution in [2.75, 3.05) is 0 Å². The van der Waals surface area contributed by atoms with E-state index in [4.69, 9.17) is 0 Å². The van der Waals surface area contributed by atoms with E-state index in [1.165, 1.54) is 19.3 Å². The van der Waals surface area contributed by atoms with E-state index < -0.39 is 0 Å². The van der Waals surface area contributed by atoms with Gasteiger partial charge in [0.05, 0.1) is 5.41 Å². The first kappa shape index (κ1) is 9.77. The fourth-order valence-electron chi connectivity index (χ4n) is 2.46. The summed E-state index contributed by atoms with van der Waals surface area (Å²) in [6.07, 6.45) is 7.50. The third-order valence-electron chi connectivity index (χ3n) is 3.53. The first-order chi connectivity index (χ1) is 6.79. The molecule has 0 aromatic rings. The molecule has 2 unspecified atom stereocenters. The van der Waals surface area contributed by atoms with Gasteiger partial charge in [-0.2, -0.15) is 0 Å². The van der Waals surface area contributed by atoms with Gasteiger partial charge in [0.25, 0.3) is 0 Å². The van der Waals surface area contributed by atoms with Crippen LogP contribution in [-0.4, -0.2) is 5.78 Å². The third kappa shape index (κ3) is 1.59. The Hall–Kier alpha value is -0.770. The largest absolute Gasteiger partial charge is 0.298 e. The molecule has 2 atom stereocenters. The Bertz CT molecular complexity index is 294. The quantitative estimate of drug-likeness (QED) is 0.483. The zero-order chi connectivity index (χ0) is 10.0. The summed E-state index contributed by atoms with van der Waals surface area (Å²) in [6.45, 7) is 2.17. The zero-order valence-corrected chi connectivity index (χ0v) is 8.94. The molecule has 1 heteroatoms. The Balaban J connectivity index is 1.95. The molecule has 0 heterocycles. The fraction of sp³-hybridized carbons (Fsp3) is 0.769. The first-order valence-corrected chi connectivity index (χ1v) is 5.83. The Kier molecular flexibility index (Phi) is 2.63. The van der Waals surface area contributed by atoms with Crippen LogP contribution in [0.3, 0.4) is 0 Å². The molecule has 0 spiro atoms. The molecule has 0 aromatic heterocycles. The molecule has 0 radical (unpaired) electrons. The van der Waals surface area contributed by atoms with Gasteiger partial charge in [0.2, 0.25) is 0 Å². The van der Waals surface area contributed by atoms with Gasteiger partial charge in [0, 0.05) is 12.8 Å². The summed E-state index contributed by atoms with van der Waals surface area (Å²) >= 11 is 0. The highest BCUT2D eigenvalue weighted by Crippen LogP contribution is 2.58. The van der Waals surface area contributed by atoms with Crippen molar-refractivity contribution in [1.82, 2.24) is 0 Å². The van der Waals surface area contributed by atoms with Crippen molar-refractivity contribution in [3.05, 3.63) is 0 Å². The predicted molar refractivity (Wildman–Crippen MR) is 56.7 cm³/mol. The van der Waals surface area contributed by atoms with Crippen LogP contribution in [0.25, 0.3) is 0 Å². The molecular weight excluding hydrogens is 172 g/mol. The molecule has 0 bridgehead atoms. The highest BCUT2D eigenvalue weighted by atomic mass is 16.1. The van der Waals surface area contributed by atoms with Crippen LogP contribution < -0.4 is 0 Å². The summed E-state index contributed by atoms with van der Waals surface area (Å²) in [5.74, 6) is 7.51. The van der Waals surface area contributed by atoms with E-state index in [1.807, 2.05) is 0 Å². The molecule has 2 rings (SSSR count). The van der Waals surface area contributed by atoms with E-state index in [2.05, 4.69) is 18.8 Å². The maximum atomic E-state index is 11.7. The molecule has 0 N–H and O–H groups in total. The molecule has 0 aliphatic heterocycles. The van der Waals surface area contributed by atoms with Crippen molar-refractivity contribution in [2.45, 2.75) is 51.9 Å². The maximum Gasteiger partial charge on any atom is 0.151 e. The zero-order valence-electron chi connectivity index (χ0n) is 8.94. The molecule has 2 fully saturated rings. The Morgan fingerprint density at radius 1 is 1.57 bits per heavy atom. The SMILES string of the molecule is CCCCC#CC12CC1CCCC2=O. The molecule has 2 saturated carbocycles. The van der Waals surface area contributed by atoms with Crippen LogP contribution in [0.4, 0.5) is 0 Å². The van der Waals surface area contributed by atoms with Crippen molar-refractivity contribution in [3.8, 4) is 11.8 Å². The summed E-state index contributed by atoms with van der Waals surface area (Å²) in [5.41, 5.74) is -0.147. The van der Waals surface area contributed by atoms with Crippen molar-refractivity contribution >= 4 is 5.78 Å². The van der Waals surface area contributed by atoms with Crippen LogP contribution in [0.1, 0.15) is 51.9 Å². The lowest BCUT2D eigenvalue weighted by atomic mass is 9.87. The van der Waals surface area contributed by atoms with Crippen molar-refractivity contribution < 1.29 is 4.79 Å². The second-order valence-corrected chi connectivity index (χ2v) is 4.59. The van der Waals surface area contributed by atoms with Crippen molar-refractivity contribution in [2.24, 2.45) is 11.3 Å². The number of unbranched alkanes of at least 4 members (excludes halogenated alkanes) is 2. The maximum absolute atomic E-state index is 11.7. The minimum atomic E-state index is -0.147. The Morgan fingerprint density at radius 2 is 2.43 bits per heavy atom. The molecule has 0 saturated heterocycles. The number of Topliss-reactive ketones (excluding diaryl/α,β-unsaturated/α-hetero) is 1. The number of carbonyl (C=O) groups excluding carboxylic acids is 1. The fourth-order valence-corrected chi connectivity index (χ4v) is 2.46. The minimum absolute atomic E-state index is 0.147. The monoisotopic (exact) mass is 190 g/mol. The summed E-state index contributed by atoms with van der Waals surface area (Å²) in [5, 5.41) is 0. The van der Waals surface area contributed by atoms with Gasteiger partial charge in [-0.25, -0.2) is 0 Å². The minimum Gasteiger partial charge on any atom is -0.298 e. The molecule has 2 aliphatic rings. The van der Waals surface area contributed by atoms with Crippen LogP contribution in [0.5, 0.6) is 0 Å². The summed E-state index contributed by atoms with van der Waals surface area (Å²) in [4.78, 5) is 11.7. The number of carbonyl (C=O) groups is 1. The second kappa shape index (κ2) is 3.77. The Morgan fingerprint density at radius 3 is 3.14 bits per heavy atom. The number of hydrogen-bond donors (Lipinski definition) is 0. The average molecular weight is 190 g/mol. The molecule has 1 nitrogen and oxygen atoms in total. The van der Waals surface area contributed by atoms with Crippen molar-refractivity contribution in [1.29, 1.82) is 0 Å². The van der Waals surface area contributed by atoms with E-state index >= 15 is 0 Å². The third-order valence-corrected chi connectivity index (χ3v) is 3.53. The van der Waals surface area contributed by atoms with Gasteiger partial charge >= 0.3 is 0 Å². The van der Waals surface area contributed by atoms with Gasteiger partial charge in [-0.1, -0.05) is 19.3 Å². The van der Waals surface area contributed by atoms with Crippen LogP contribution in [0.15, 0.2) is 0 Å².